The van der Waals surface area contributed by atoms with Gasteiger partial charge < -0.3 is 15.4 Å². The van der Waals surface area contributed by atoms with Gasteiger partial charge in [-0.1, -0.05) is 15.9 Å². The molecule has 0 atom stereocenters. The molecule has 0 aliphatic rings. The van der Waals surface area contributed by atoms with Gasteiger partial charge in [0.2, 0.25) is 5.91 Å². The molecule has 0 heterocycles. The summed E-state index contributed by atoms with van der Waals surface area (Å²) in [4.78, 5) is 23.3. The first-order valence-electron chi connectivity index (χ1n) is 5.53. The van der Waals surface area contributed by atoms with Crippen molar-refractivity contribution in [2.75, 3.05) is 26.8 Å². The van der Waals surface area contributed by atoms with Gasteiger partial charge in [-0.25, -0.2) is 0 Å². The first-order chi connectivity index (χ1) is 9.04. The van der Waals surface area contributed by atoms with Crippen LogP contribution in [0.4, 0.5) is 0 Å². The largest absolute Gasteiger partial charge is 0.383 e. The number of amides is 2. The highest BCUT2D eigenvalue weighted by atomic mass is 127. The summed E-state index contributed by atoms with van der Waals surface area (Å²) in [5.74, 6) is -0.511. The number of methoxy groups -OCH3 is 1. The van der Waals surface area contributed by atoms with E-state index in [0.29, 0.717) is 18.7 Å². The van der Waals surface area contributed by atoms with E-state index in [4.69, 9.17) is 4.74 Å². The molecular formula is C12H14BrIN2O3. The van der Waals surface area contributed by atoms with Crippen molar-refractivity contribution in [2.24, 2.45) is 0 Å². The Bertz CT molecular complexity index is 468. The maximum Gasteiger partial charge on any atom is 0.252 e. The molecule has 104 valence electrons. The van der Waals surface area contributed by atoms with Crippen LogP contribution in [-0.4, -0.2) is 38.6 Å². The van der Waals surface area contributed by atoms with Gasteiger partial charge in [-0.3, -0.25) is 9.59 Å². The number of carbonyl (C=O) groups excluding carboxylic acids is 2. The fraction of sp³-hybridized carbons (Fsp3) is 0.333. The zero-order valence-corrected chi connectivity index (χ0v) is 14.1. The van der Waals surface area contributed by atoms with Gasteiger partial charge >= 0.3 is 0 Å². The minimum absolute atomic E-state index is 0.0505. The number of ether oxygens (including phenoxy) is 1. The molecule has 5 nitrogen and oxygen atoms in total. The van der Waals surface area contributed by atoms with Crippen LogP contribution in [0.15, 0.2) is 22.7 Å². The molecule has 0 bridgehead atoms. The van der Waals surface area contributed by atoms with Crippen molar-refractivity contribution in [2.45, 2.75) is 0 Å². The third-order valence-corrected chi connectivity index (χ3v) is 3.64. The summed E-state index contributed by atoms with van der Waals surface area (Å²) >= 11 is 5.39. The van der Waals surface area contributed by atoms with Gasteiger partial charge in [0.1, 0.15) is 0 Å². The molecule has 0 fully saturated rings. The number of nitrogens with one attached hydrogen (secondary N) is 2. The third-order valence-electron chi connectivity index (χ3n) is 2.21. The van der Waals surface area contributed by atoms with Gasteiger partial charge in [0.05, 0.1) is 18.7 Å². The van der Waals surface area contributed by atoms with E-state index in [-0.39, 0.29) is 18.4 Å². The molecule has 0 aromatic heterocycles. The Kier molecular flexibility index (Phi) is 7.32. The van der Waals surface area contributed by atoms with Crippen LogP contribution in [0.3, 0.4) is 0 Å². The van der Waals surface area contributed by atoms with E-state index in [9.17, 15) is 9.59 Å². The second-order valence-corrected chi connectivity index (χ2v) is 5.73. The summed E-state index contributed by atoms with van der Waals surface area (Å²) in [6.07, 6.45) is 0. The minimum atomic E-state index is -0.271. The van der Waals surface area contributed by atoms with E-state index in [1.807, 2.05) is 12.1 Å². The van der Waals surface area contributed by atoms with E-state index in [1.54, 1.807) is 13.2 Å². The molecular weight excluding hydrogens is 427 g/mol. The van der Waals surface area contributed by atoms with Crippen LogP contribution in [-0.2, 0) is 9.53 Å². The molecule has 7 heteroatoms. The quantitative estimate of drug-likeness (QED) is 0.521. The molecule has 2 amide bonds. The van der Waals surface area contributed by atoms with E-state index < -0.39 is 0 Å². The first-order valence-corrected chi connectivity index (χ1v) is 7.40. The summed E-state index contributed by atoms with van der Waals surface area (Å²) in [6.45, 7) is 0.827. The molecule has 0 saturated heterocycles. The van der Waals surface area contributed by atoms with Crippen LogP contribution in [0, 0.1) is 3.57 Å². The number of rotatable bonds is 6. The molecule has 0 radical (unpaired) electrons. The van der Waals surface area contributed by atoms with Gasteiger partial charge in [-0.05, 0) is 40.8 Å². The second kappa shape index (κ2) is 8.49. The predicted molar refractivity (Wildman–Crippen MR) is 84.1 cm³/mol. The molecule has 2 N–H and O–H groups in total. The average Bonchev–Trinajstić information content (AvgIpc) is 2.39. The van der Waals surface area contributed by atoms with Crippen molar-refractivity contribution < 1.29 is 14.3 Å². The van der Waals surface area contributed by atoms with E-state index in [2.05, 4.69) is 49.2 Å². The molecule has 19 heavy (non-hydrogen) atoms. The Balaban J connectivity index is 2.47. The van der Waals surface area contributed by atoms with E-state index >= 15 is 0 Å². The van der Waals surface area contributed by atoms with Crippen molar-refractivity contribution in [3.8, 4) is 0 Å². The molecule has 1 aromatic carbocycles. The van der Waals surface area contributed by atoms with Gasteiger partial charge in [-0.2, -0.15) is 0 Å². The van der Waals surface area contributed by atoms with Crippen molar-refractivity contribution in [3.05, 3.63) is 31.8 Å². The van der Waals surface area contributed by atoms with Crippen LogP contribution in [0.1, 0.15) is 10.4 Å². The smallest absolute Gasteiger partial charge is 0.252 e. The Hall–Kier alpha value is -0.670. The average molecular weight is 441 g/mol. The number of hydrogen-bond donors (Lipinski definition) is 2. The second-order valence-electron chi connectivity index (χ2n) is 3.65. The van der Waals surface area contributed by atoms with Gasteiger partial charge in [0, 0.05) is 21.7 Å². The first kappa shape index (κ1) is 16.4. The molecule has 1 rings (SSSR count). The fourth-order valence-electron chi connectivity index (χ4n) is 1.28. The Morgan fingerprint density at radius 1 is 1.37 bits per heavy atom. The number of hydrogen-bond acceptors (Lipinski definition) is 3. The highest BCUT2D eigenvalue weighted by Gasteiger charge is 2.11. The fourth-order valence-corrected chi connectivity index (χ4v) is 2.22. The molecule has 1 aromatic rings. The lowest BCUT2D eigenvalue weighted by Crippen LogP contribution is -2.38. The van der Waals surface area contributed by atoms with Crippen molar-refractivity contribution in [3.63, 3.8) is 0 Å². The highest BCUT2D eigenvalue weighted by molar-refractivity contribution is 14.1. The monoisotopic (exact) mass is 440 g/mol. The Morgan fingerprint density at radius 3 is 2.79 bits per heavy atom. The summed E-state index contributed by atoms with van der Waals surface area (Å²) in [5, 5.41) is 5.20. The SMILES string of the molecule is COCCNC(=O)CNC(=O)c1cc(Br)ccc1I. The van der Waals surface area contributed by atoms with Gasteiger partial charge in [0.25, 0.3) is 5.91 Å². The normalized spacial score (nSPS) is 10.1. The van der Waals surface area contributed by atoms with Crippen molar-refractivity contribution in [1.82, 2.24) is 10.6 Å². The lowest BCUT2D eigenvalue weighted by Gasteiger charge is -2.08. The topological polar surface area (TPSA) is 67.4 Å². The van der Waals surface area contributed by atoms with Crippen LogP contribution in [0.25, 0.3) is 0 Å². The third kappa shape index (κ3) is 5.87. The molecule has 0 aliphatic carbocycles. The minimum Gasteiger partial charge on any atom is -0.383 e. The van der Waals surface area contributed by atoms with Crippen LogP contribution in [0.2, 0.25) is 0 Å². The maximum absolute atomic E-state index is 11.9. The molecule has 0 aliphatic heterocycles. The van der Waals surface area contributed by atoms with Crippen LogP contribution < -0.4 is 10.6 Å². The summed E-state index contributed by atoms with van der Waals surface area (Å²) in [5.41, 5.74) is 0.541. The van der Waals surface area contributed by atoms with E-state index in [0.717, 1.165) is 8.04 Å². The lowest BCUT2D eigenvalue weighted by molar-refractivity contribution is -0.120. The van der Waals surface area contributed by atoms with Gasteiger partial charge in [0.15, 0.2) is 0 Å². The van der Waals surface area contributed by atoms with Crippen LogP contribution >= 0.6 is 38.5 Å². The van der Waals surface area contributed by atoms with Gasteiger partial charge in [-0.15, -0.1) is 0 Å². The summed E-state index contributed by atoms with van der Waals surface area (Å²) in [6, 6.07) is 5.41. The Labute approximate surface area is 133 Å². The number of benzene rings is 1. The zero-order chi connectivity index (χ0) is 14.3. The van der Waals surface area contributed by atoms with E-state index in [1.165, 1.54) is 0 Å². The van der Waals surface area contributed by atoms with Crippen molar-refractivity contribution in [1.29, 1.82) is 0 Å². The summed E-state index contributed by atoms with van der Waals surface area (Å²) < 4.78 is 6.46. The molecule has 0 spiro atoms. The van der Waals surface area contributed by atoms with Crippen LogP contribution in [0.5, 0.6) is 0 Å². The molecule has 0 saturated carbocycles. The Morgan fingerprint density at radius 2 is 2.11 bits per heavy atom. The number of halogens is 2. The zero-order valence-electron chi connectivity index (χ0n) is 10.3. The predicted octanol–water partition coefficient (Wildman–Crippen LogP) is 1.55. The lowest BCUT2D eigenvalue weighted by atomic mass is 10.2. The molecule has 0 unspecified atom stereocenters. The van der Waals surface area contributed by atoms with Crippen molar-refractivity contribution >= 4 is 50.3 Å². The summed E-state index contributed by atoms with van der Waals surface area (Å²) in [7, 11) is 1.56. The maximum atomic E-state index is 11.9. The standard InChI is InChI=1S/C12H14BrIN2O3/c1-19-5-4-15-11(17)7-16-12(18)9-6-8(13)2-3-10(9)14/h2-3,6H,4-5,7H2,1H3,(H,15,17)(H,16,18). The highest BCUT2D eigenvalue weighted by Crippen LogP contribution is 2.18. The number of carbonyl (C=O) groups is 2.